The number of carbonyl (C=O) groups is 1. The summed E-state index contributed by atoms with van der Waals surface area (Å²) in [5.41, 5.74) is 3.76. The summed E-state index contributed by atoms with van der Waals surface area (Å²) in [6, 6.07) is 13.2. The van der Waals surface area contributed by atoms with E-state index in [9.17, 15) is 4.79 Å². The fraction of sp³-hybridized carbons (Fsp3) is 0.200. The van der Waals surface area contributed by atoms with Crippen LogP contribution >= 0.6 is 0 Å². The van der Waals surface area contributed by atoms with Crippen LogP contribution in [0.5, 0.6) is 11.5 Å². The number of rotatable bonds is 5. The first kappa shape index (κ1) is 16.8. The molecule has 25 heavy (non-hydrogen) atoms. The van der Waals surface area contributed by atoms with Crippen LogP contribution in [0.4, 0.5) is 5.69 Å². The zero-order valence-corrected chi connectivity index (χ0v) is 14.5. The monoisotopic (exact) mass is 336 g/mol. The predicted molar refractivity (Wildman–Crippen MR) is 98.3 cm³/mol. The minimum atomic E-state index is -0.210. The van der Waals surface area contributed by atoms with Gasteiger partial charge in [-0.1, -0.05) is 6.07 Å². The fourth-order valence-corrected chi connectivity index (χ4v) is 2.74. The van der Waals surface area contributed by atoms with Gasteiger partial charge in [0.2, 0.25) is 0 Å². The van der Waals surface area contributed by atoms with E-state index in [0.717, 1.165) is 27.7 Å². The number of aromatic nitrogens is 1. The van der Waals surface area contributed by atoms with E-state index in [1.165, 1.54) is 0 Å². The van der Waals surface area contributed by atoms with Gasteiger partial charge in [-0.25, -0.2) is 0 Å². The Hall–Kier alpha value is -3.08. The smallest absolute Gasteiger partial charge is 0.262 e. The van der Waals surface area contributed by atoms with Crippen molar-refractivity contribution in [1.29, 1.82) is 0 Å². The summed E-state index contributed by atoms with van der Waals surface area (Å²) in [5.74, 6) is 1.10. The SMILES string of the molecule is COc1ccc2nccc(OCC(=O)Nc3cc(C)cc(C)c3)c2c1. The topological polar surface area (TPSA) is 60.5 Å². The lowest BCUT2D eigenvalue weighted by atomic mass is 10.1. The lowest BCUT2D eigenvalue weighted by Gasteiger charge is -2.11. The number of hydrogen-bond donors (Lipinski definition) is 1. The van der Waals surface area contributed by atoms with Crippen molar-refractivity contribution < 1.29 is 14.3 Å². The molecule has 0 spiro atoms. The van der Waals surface area contributed by atoms with E-state index in [1.807, 2.05) is 44.2 Å². The molecule has 5 heteroatoms. The maximum Gasteiger partial charge on any atom is 0.262 e. The molecule has 0 saturated heterocycles. The summed E-state index contributed by atoms with van der Waals surface area (Å²) >= 11 is 0. The van der Waals surface area contributed by atoms with Crippen LogP contribution in [0.15, 0.2) is 48.7 Å². The van der Waals surface area contributed by atoms with Crippen LogP contribution in [0.2, 0.25) is 0 Å². The van der Waals surface area contributed by atoms with Gasteiger partial charge in [-0.3, -0.25) is 9.78 Å². The standard InChI is InChI=1S/C20H20N2O3/c1-13-8-14(2)10-15(9-13)22-20(23)12-25-19-6-7-21-18-5-4-16(24-3)11-17(18)19/h4-11H,12H2,1-3H3,(H,22,23). The molecule has 3 aromatic rings. The zero-order chi connectivity index (χ0) is 17.8. The minimum absolute atomic E-state index is 0.0800. The maximum absolute atomic E-state index is 12.2. The number of anilines is 1. The van der Waals surface area contributed by atoms with Crippen molar-refractivity contribution in [2.45, 2.75) is 13.8 Å². The highest BCUT2D eigenvalue weighted by Gasteiger charge is 2.08. The molecule has 0 fully saturated rings. The summed E-state index contributed by atoms with van der Waals surface area (Å²) in [7, 11) is 1.61. The number of aryl methyl sites for hydroxylation is 2. The molecule has 1 amide bonds. The Labute approximate surface area is 146 Å². The molecule has 128 valence electrons. The third-order valence-electron chi connectivity index (χ3n) is 3.77. The molecular formula is C20H20N2O3. The number of methoxy groups -OCH3 is 1. The molecule has 0 aliphatic heterocycles. The number of nitrogens with zero attached hydrogens (tertiary/aromatic N) is 1. The van der Waals surface area contributed by atoms with Crippen molar-refractivity contribution in [2.75, 3.05) is 19.0 Å². The highest BCUT2D eigenvalue weighted by Crippen LogP contribution is 2.27. The van der Waals surface area contributed by atoms with E-state index >= 15 is 0 Å². The predicted octanol–water partition coefficient (Wildman–Crippen LogP) is 3.88. The lowest BCUT2D eigenvalue weighted by molar-refractivity contribution is -0.118. The van der Waals surface area contributed by atoms with Crippen LogP contribution in [0.3, 0.4) is 0 Å². The van der Waals surface area contributed by atoms with Crippen molar-refractivity contribution >= 4 is 22.5 Å². The van der Waals surface area contributed by atoms with E-state index in [2.05, 4.69) is 16.4 Å². The molecule has 0 atom stereocenters. The quantitative estimate of drug-likeness (QED) is 0.768. The van der Waals surface area contributed by atoms with Crippen LogP contribution in [0, 0.1) is 13.8 Å². The number of carbonyl (C=O) groups excluding carboxylic acids is 1. The Balaban J connectivity index is 1.72. The first-order valence-electron chi connectivity index (χ1n) is 7.99. The largest absolute Gasteiger partial charge is 0.497 e. The molecule has 5 nitrogen and oxygen atoms in total. The first-order chi connectivity index (χ1) is 12.0. The number of pyridine rings is 1. The average molecular weight is 336 g/mol. The first-order valence-corrected chi connectivity index (χ1v) is 7.99. The second-order valence-electron chi connectivity index (χ2n) is 5.91. The molecule has 0 aliphatic rings. The lowest BCUT2D eigenvalue weighted by Crippen LogP contribution is -2.20. The summed E-state index contributed by atoms with van der Waals surface area (Å²) in [5, 5.41) is 3.67. The van der Waals surface area contributed by atoms with Crippen LogP contribution < -0.4 is 14.8 Å². The van der Waals surface area contributed by atoms with Gasteiger partial charge >= 0.3 is 0 Å². The van der Waals surface area contributed by atoms with E-state index in [1.54, 1.807) is 19.4 Å². The number of nitrogens with one attached hydrogen (secondary N) is 1. The zero-order valence-electron chi connectivity index (χ0n) is 14.5. The molecule has 0 saturated carbocycles. The second-order valence-corrected chi connectivity index (χ2v) is 5.91. The molecule has 1 aromatic heterocycles. The second kappa shape index (κ2) is 7.21. The van der Waals surface area contributed by atoms with Crippen LogP contribution in [0.25, 0.3) is 10.9 Å². The summed E-state index contributed by atoms with van der Waals surface area (Å²) < 4.78 is 10.9. The molecule has 0 unspecified atom stereocenters. The molecule has 1 N–H and O–H groups in total. The number of ether oxygens (including phenoxy) is 2. The summed E-state index contributed by atoms with van der Waals surface area (Å²) in [6.45, 7) is 3.91. The maximum atomic E-state index is 12.2. The van der Waals surface area contributed by atoms with Gasteiger partial charge in [0.15, 0.2) is 6.61 Å². The van der Waals surface area contributed by atoms with E-state index in [-0.39, 0.29) is 12.5 Å². The van der Waals surface area contributed by atoms with E-state index in [4.69, 9.17) is 9.47 Å². The third kappa shape index (κ3) is 4.07. The third-order valence-corrected chi connectivity index (χ3v) is 3.77. The Kier molecular flexibility index (Phi) is 4.84. The highest BCUT2D eigenvalue weighted by molar-refractivity contribution is 5.92. The molecule has 1 heterocycles. The van der Waals surface area contributed by atoms with Crippen LogP contribution in [-0.2, 0) is 4.79 Å². The van der Waals surface area contributed by atoms with Gasteiger partial charge in [-0.15, -0.1) is 0 Å². The Morgan fingerprint density at radius 2 is 1.84 bits per heavy atom. The van der Waals surface area contributed by atoms with Gasteiger partial charge in [0.05, 0.1) is 12.6 Å². The average Bonchev–Trinajstić information content (AvgIpc) is 2.58. The van der Waals surface area contributed by atoms with E-state index in [0.29, 0.717) is 11.5 Å². The minimum Gasteiger partial charge on any atom is -0.497 e. The highest BCUT2D eigenvalue weighted by atomic mass is 16.5. The molecule has 0 radical (unpaired) electrons. The number of fused-ring (bicyclic) bond motifs is 1. The Morgan fingerprint density at radius 3 is 2.56 bits per heavy atom. The van der Waals surface area contributed by atoms with Crippen molar-refractivity contribution in [3.63, 3.8) is 0 Å². The van der Waals surface area contributed by atoms with Crippen molar-refractivity contribution in [2.24, 2.45) is 0 Å². The number of amides is 1. The van der Waals surface area contributed by atoms with Crippen LogP contribution in [-0.4, -0.2) is 24.6 Å². The molecule has 0 bridgehead atoms. The fourth-order valence-electron chi connectivity index (χ4n) is 2.74. The van der Waals surface area contributed by atoms with Gasteiger partial charge < -0.3 is 14.8 Å². The van der Waals surface area contributed by atoms with Crippen LogP contribution in [0.1, 0.15) is 11.1 Å². The number of benzene rings is 2. The van der Waals surface area contributed by atoms with Gasteiger partial charge in [-0.05, 0) is 61.4 Å². The number of hydrogen-bond acceptors (Lipinski definition) is 4. The summed E-state index contributed by atoms with van der Waals surface area (Å²) in [6.07, 6.45) is 1.66. The Morgan fingerprint density at radius 1 is 1.08 bits per heavy atom. The van der Waals surface area contributed by atoms with Crippen molar-refractivity contribution in [1.82, 2.24) is 4.98 Å². The van der Waals surface area contributed by atoms with Gasteiger partial charge in [-0.2, -0.15) is 0 Å². The van der Waals surface area contributed by atoms with Gasteiger partial charge in [0.1, 0.15) is 11.5 Å². The molecule has 2 aromatic carbocycles. The van der Waals surface area contributed by atoms with Gasteiger partial charge in [0, 0.05) is 17.3 Å². The van der Waals surface area contributed by atoms with Crippen molar-refractivity contribution in [3.8, 4) is 11.5 Å². The Bertz CT molecular complexity index is 902. The van der Waals surface area contributed by atoms with Crippen molar-refractivity contribution in [3.05, 3.63) is 59.8 Å². The molecule has 0 aliphatic carbocycles. The summed E-state index contributed by atoms with van der Waals surface area (Å²) in [4.78, 5) is 16.5. The van der Waals surface area contributed by atoms with Gasteiger partial charge in [0.25, 0.3) is 5.91 Å². The normalized spacial score (nSPS) is 10.5. The molecular weight excluding hydrogens is 316 g/mol. The molecule has 3 rings (SSSR count). The van der Waals surface area contributed by atoms with E-state index < -0.39 is 0 Å².